The highest BCUT2D eigenvalue weighted by Crippen LogP contribution is 2.37. The highest BCUT2D eigenvalue weighted by Gasteiger charge is 2.39. The largest absolute Gasteiger partial charge is 0.493 e. The van der Waals surface area contributed by atoms with Crippen LogP contribution in [0.25, 0.3) is 0 Å². The molecule has 2 aliphatic heterocycles. The third kappa shape index (κ3) is 1.52. The SMILES string of the molecule is CC1(C)NCC1c1ccc2c(c1)CCCO2. The van der Waals surface area contributed by atoms with Crippen LogP contribution in [-0.4, -0.2) is 18.7 Å². The molecule has 0 aromatic heterocycles. The molecule has 0 amide bonds. The van der Waals surface area contributed by atoms with Crippen LogP contribution < -0.4 is 10.1 Å². The summed E-state index contributed by atoms with van der Waals surface area (Å²) in [5.74, 6) is 1.75. The number of hydrogen-bond donors (Lipinski definition) is 1. The number of ether oxygens (including phenoxy) is 1. The Morgan fingerprint density at radius 1 is 1.38 bits per heavy atom. The molecule has 1 N–H and O–H groups in total. The summed E-state index contributed by atoms with van der Waals surface area (Å²) in [7, 11) is 0. The summed E-state index contributed by atoms with van der Waals surface area (Å²) in [4.78, 5) is 0. The van der Waals surface area contributed by atoms with E-state index >= 15 is 0 Å². The Morgan fingerprint density at radius 2 is 2.25 bits per heavy atom. The molecule has 1 saturated heterocycles. The van der Waals surface area contributed by atoms with Crippen molar-refractivity contribution in [1.29, 1.82) is 0 Å². The average molecular weight is 217 g/mol. The number of rotatable bonds is 1. The van der Waals surface area contributed by atoms with Crippen LogP contribution in [0.2, 0.25) is 0 Å². The van der Waals surface area contributed by atoms with Gasteiger partial charge >= 0.3 is 0 Å². The van der Waals surface area contributed by atoms with Gasteiger partial charge in [0.05, 0.1) is 6.61 Å². The molecule has 86 valence electrons. The van der Waals surface area contributed by atoms with Crippen molar-refractivity contribution >= 4 is 0 Å². The maximum absolute atomic E-state index is 5.65. The summed E-state index contributed by atoms with van der Waals surface area (Å²) in [6.07, 6.45) is 2.33. The van der Waals surface area contributed by atoms with Gasteiger partial charge in [0.2, 0.25) is 0 Å². The van der Waals surface area contributed by atoms with Crippen molar-refractivity contribution in [3.05, 3.63) is 29.3 Å². The van der Waals surface area contributed by atoms with Gasteiger partial charge in [-0.25, -0.2) is 0 Å². The van der Waals surface area contributed by atoms with E-state index in [1.54, 1.807) is 0 Å². The van der Waals surface area contributed by atoms with Gasteiger partial charge in [-0.3, -0.25) is 0 Å². The zero-order valence-corrected chi connectivity index (χ0v) is 10.0. The molecule has 2 heterocycles. The zero-order chi connectivity index (χ0) is 11.2. The normalized spacial score (nSPS) is 26.5. The van der Waals surface area contributed by atoms with Gasteiger partial charge in [0.25, 0.3) is 0 Å². The van der Waals surface area contributed by atoms with Crippen molar-refractivity contribution in [2.24, 2.45) is 0 Å². The summed E-state index contributed by atoms with van der Waals surface area (Å²) >= 11 is 0. The third-order valence-corrected chi connectivity index (χ3v) is 3.97. The Hall–Kier alpha value is -1.02. The first-order valence-electron chi connectivity index (χ1n) is 6.17. The zero-order valence-electron chi connectivity index (χ0n) is 10.0. The van der Waals surface area contributed by atoms with E-state index in [1.807, 2.05) is 0 Å². The van der Waals surface area contributed by atoms with Crippen LogP contribution in [-0.2, 0) is 6.42 Å². The summed E-state index contributed by atoms with van der Waals surface area (Å²) in [6, 6.07) is 6.73. The molecule has 1 unspecified atom stereocenters. The molecule has 3 rings (SSSR count). The van der Waals surface area contributed by atoms with E-state index in [4.69, 9.17) is 4.74 Å². The second kappa shape index (κ2) is 3.49. The third-order valence-electron chi connectivity index (χ3n) is 3.97. The molecule has 0 spiro atoms. The van der Waals surface area contributed by atoms with E-state index in [9.17, 15) is 0 Å². The first kappa shape index (κ1) is 10.2. The van der Waals surface area contributed by atoms with E-state index in [1.165, 1.54) is 17.5 Å². The van der Waals surface area contributed by atoms with Gasteiger partial charge in [-0.1, -0.05) is 12.1 Å². The van der Waals surface area contributed by atoms with Crippen LogP contribution in [0.15, 0.2) is 18.2 Å². The topological polar surface area (TPSA) is 21.3 Å². The van der Waals surface area contributed by atoms with E-state index in [-0.39, 0.29) is 5.54 Å². The molecule has 0 aliphatic carbocycles. The van der Waals surface area contributed by atoms with Crippen molar-refractivity contribution in [1.82, 2.24) is 5.32 Å². The van der Waals surface area contributed by atoms with Crippen molar-refractivity contribution < 1.29 is 4.74 Å². The lowest BCUT2D eigenvalue weighted by Gasteiger charge is -2.46. The van der Waals surface area contributed by atoms with Gasteiger partial charge < -0.3 is 10.1 Å². The molecule has 2 nitrogen and oxygen atoms in total. The van der Waals surface area contributed by atoms with Crippen LogP contribution in [0.1, 0.15) is 37.3 Å². The van der Waals surface area contributed by atoms with Gasteiger partial charge in [0.15, 0.2) is 0 Å². The Kier molecular flexibility index (Phi) is 2.21. The van der Waals surface area contributed by atoms with E-state index < -0.39 is 0 Å². The molecule has 0 bridgehead atoms. The molecule has 2 aliphatic rings. The summed E-state index contributed by atoms with van der Waals surface area (Å²) < 4.78 is 5.65. The van der Waals surface area contributed by atoms with Crippen LogP contribution in [0, 0.1) is 0 Å². The second-order valence-corrected chi connectivity index (χ2v) is 5.47. The van der Waals surface area contributed by atoms with Crippen molar-refractivity contribution in [2.45, 2.75) is 38.1 Å². The highest BCUT2D eigenvalue weighted by molar-refractivity contribution is 5.41. The Bertz CT molecular complexity index is 411. The maximum atomic E-state index is 5.65. The molecule has 16 heavy (non-hydrogen) atoms. The smallest absolute Gasteiger partial charge is 0.122 e. The molecule has 1 fully saturated rings. The van der Waals surface area contributed by atoms with Crippen LogP contribution in [0.5, 0.6) is 5.75 Å². The van der Waals surface area contributed by atoms with E-state index in [2.05, 4.69) is 37.4 Å². The molecule has 1 aromatic carbocycles. The minimum atomic E-state index is 0.254. The first-order chi connectivity index (χ1) is 7.67. The first-order valence-corrected chi connectivity index (χ1v) is 6.17. The monoisotopic (exact) mass is 217 g/mol. The van der Waals surface area contributed by atoms with Gasteiger partial charge in [0, 0.05) is 18.0 Å². The quantitative estimate of drug-likeness (QED) is 0.780. The van der Waals surface area contributed by atoms with Gasteiger partial charge in [-0.05, 0) is 43.9 Å². The minimum Gasteiger partial charge on any atom is -0.493 e. The van der Waals surface area contributed by atoms with Crippen molar-refractivity contribution in [2.75, 3.05) is 13.2 Å². The number of benzene rings is 1. The van der Waals surface area contributed by atoms with Gasteiger partial charge in [-0.15, -0.1) is 0 Å². The number of aryl methyl sites for hydroxylation is 1. The number of hydrogen-bond acceptors (Lipinski definition) is 2. The fourth-order valence-electron chi connectivity index (χ4n) is 2.74. The average Bonchev–Trinajstić information content (AvgIpc) is 2.28. The maximum Gasteiger partial charge on any atom is 0.122 e. The van der Waals surface area contributed by atoms with Crippen LogP contribution >= 0.6 is 0 Å². The molecule has 0 radical (unpaired) electrons. The molecular weight excluding hydrogens is 198 g/mol. The van der Waals surface area contributed by atoms with E-state index in [0.29, 0.717) is 5.92 Å². The predicted molar refractivity (Wildman–Crippen MR) is 65.1 cm³/mol. The summed E-state index contributed by atoms with van der Waals surface area (Å²) in [6.45, 7) is 6.53. The summed E-state index contributed by atoms with van der Waals surface area (Å²) in [5.41, 5.74) is 3.11. The fraction of sp³-hybridized carbons (Fsp3) is 0.571. The molecule has 0 saturated carbocycles. The standard InChI is InChI=1S/C14H19NO/c1-14(2)12(9-15-14)10-5-6-13-11(8-10)4-3-7-16-13/h5-6,8,12,15H,3-4,7,9H2,1-2H3. The van der Waals surface area contributed by atoms with Crippen LogP contribution in [0.3, 0.4) is 0 Å². The lowest BCUT2D eigenvalue weighted by molar-refractivity contribution is 0.207. The lowest BCUT2D eigenvalue weighted by atomic mass is 9.75. The van der Waals surface area contributed by atoms with Crippen molar-refractivity contribution in [3.63, 3.8) is 0 Å². The highest BCUT2D eigenvalue weighted by atomic mass is 16.5. The Morgan fingerprint density at radius 3 is 2.94 bits per heavy atom. The van der Waals surface area contributed by atoms with Gasteiger partial charge in [0.1, 0.15) is 5.75 Å². The minimum absolute atomic E-state index is 0.254. The Balaban J connectivity index is 1.91. The summed E-state index contributed by atoms with van der Waals surface area (Å²) in [5, 5.41) is 3.48. The van der Waals surface area contributed by atoms with Crippen molar-refractivity contribution in [3.8, 4) is 5.75 Å². The Labute approximate surface area is 97.0 Å². The van der Waals surface area contributed by atoms with Gasteiger partial charge in [-0.2, -0.15) is 0 Å². The van der Waals surface area contributed by atoms with Crippen LogP contribution in [0.4, 0.5) is 0 Å². The molecular formula is C14H19NO. The predicted octanol–water partition coefficient (Wildman–Crippen LogP) is 2.48. The molecule has 1 aromatic rings. The van der Waals surface area contributed by atoms with E-state index in [0.717, 1.165) is 25.3 Å². The molecule has 1 atom stereocenters. The number of fused-ring (bicyclic) bond motifs is 1. The number of nitrogens with one attached hydrogen (secondary N) is 1. The lowest BCUT2D eigenvalue weighted by Crippen LogP contribution is -2.59. The molecule has 2 heteroatoms. The second-order valence-electron chi connectivity index (χ2n) is 5.47. The fourth-order valence-corrected chi connectivity index (χ4v) is 2.74.